The number of amides is 1. The molecule has 130 valence electrons. The van der Waals surface area contributed by atoms with Gasteiger partial charge in [0.25, 0.3) is 0 Å². The van der Waals surface area contributed by atoms with Crippen LogP contribution in [-0.2, 0) is 9.59 Å². The number of carbonyl (C=O) groups excluding carboxylic acids is 1. The minimum Gasteiger partial charge on any atom is -0.480 e. The highest BCUT2D eigenvalue weighted by atomic mass is 16.4. The fourth-order valence-electron chi connectivity index (χ4n) is 2.58. The fourth-order valence-corrected chi connectivity index (χ4v) is 2.58. The van der Waals surface area contributed by atoms with Crippen molar-refractivity contribution in [3.05, 3.63) is 0 Å². The summed E-state index contributed by atoms with van der Waals surface area (Å²) in [4.78, 5) is 24.6. The lowest BCUT2D eigenvalue weighted by molar-refractivity contribution is -0.144. The third-order valence-electron chi connectivity index (χ3n) is 3.95. The highest BCUT2D eigenvalue weighted by molar-refractivity contribution is 5.81. The molecule has 0 saturated heterocycles. The van der Waals surface area contributed by atoms with E-state index in [1.807, 2.05) is 0 Å². The summed E-state index contributed by atoms with van der Waals surface area (Å²) >= 11 is 0. The molecule has 0 saturated carbocycles. The van der Waals surface area contributed by atoms with E-state index in [0.29, 0.717) is 13.0 Å². The summed E-state index contributed by atoms with van der Waals surface area (Å²) in [6, 6.07) is 0. The van der Waals surface area contributed by atoms with Crippen molar-refractivity contribution < 1.29 is 14.7 Å². The van der Waals surface area contributed by atoms with Crippen LogP contribution in [0.25, 0.3) is 0 Å². The van der Waals surface area contributed by atoms with Crippen molar-refractivity contribution in [2.24, 2.45) is 0 Å². The van der Waals surface area contributed by atoms with Crippen LogP contribution in [0.3, 0.4) is 0 Å². The van der Waals surface area contributed by atoms with Gasteiger partial charge >= 0.3 is 5.97 Å². The Bertz CT molecular complexity index is 292. The summed E-state index contributed by atoms with van der Waals surface area (Å²) in [6.45, 7) is 4.79. The van der Waals surface area contributed by atoms with Crippen LogP contribution < -0.4 is 0 Å². The van der Waals surface area contributed by atoms with Crippen LogP contribution >= 0.6 is 0 Å². The standard InChI is InChI=1S/C18H35NO3/c1-3-5-7-9-11-13-15-19(16-18(21)22)17(20)14-12-10-8-6-4-2/h3-16H2,1-2H3,(H,21,22). The number of hydrogen-bond acceptors (Lipinski definition) is 2. The predicted octanol–water partition coefficient (Wildman–Crippen LogP) is 4.62. The summed E-state index contributed by atoms with van der Waals surface area (Å²) in [5, 5.41) is 8.95. The van der Waals surface area contributed by atoms with E-state index in [9.17, 15) is 9.59 Å². The maximum absolute atomic E-state index is 12.1. The van der Waals surface area contributed by atoms with E-state index < -0.39 is 5.97 Å². The maximum atomic E-state index is 12.1. The van der Waals surface area contributed by atoms with E-state index in [-0.39, 0.29) is 12.5 Å². The molecule has 0 aliphatic heterocycles. The van der Waals surface area contributed by atoms with Crippen molar-refractivity contribution in [1.29, 1.82) is 0 Å². The molecule has 0 aromatic rings. The first kappa shape index (κ1) is 20.9. The van der Waals surface area contributed by atoms with Gasteiger partial charge in [-0.25, -0.2) is 0 Å². The van der Waals surface area contributed by atoms with Crippen LogP contribution in [0, 0.1) is 0 Å². The van der Waals surface area contributed by atoms with Crippen molar-refractivity contribution in [3.63, 3.8) is 0 Å². The van der Waals surface area contributed by atoms with E-state index in [0.717, 1.165) is 25.7 Å². The largest absolute Gasteiger partial charge is 0.480 e. The molecule has 4 heteroatoms. The zero-order chi connectivity index (χ0) is 16.6. The Hall–Kier alpha value is -1.06. The Balaban J connectivity index is 3.93. The van der Waals surface area contributed by atoms with Gasteiger partial charge < -0.3 is 10.0 Å². The molecule has 4 nitrogen and oxygen atoms in total. The first-order chi connectivity index (χ1) is 10.6. The monoisotopic (exact) mass is 313 g/mol. The Morgan fingerprint density at radius 3 is 1.82 bits per heavy atom. The van der Waals surface area contributed by atoms with Gasteiger partial charge in [-0.15, -0.1) is 0 Å². The van der Waals surface area contributed by atoms with Gasteiger partial charge in [-0.05, 0) is 12.8 Å². The molecule has 1 N–H and O–H groups in total. The van der Waals surface area contributed by atoms with E-state index in [1.54, 1.807) is 0 Å². The Morgan fingerprint density at radius 2 is 1.27 bits per heavy atom. The minimum absolute atomic E-state index is 0.00690. The molecule has 0 spiro atoms. The van der Waals surface area contributed by atoms with E-state index >= 15 is 0 Å². The number of nitrogens with zero attached hydrogens (tertiary/aromatic N) is 1. The zero-order valence-corrected chi connectivity index (χ0v) is 14.6. The van der Waals surface area contributed by atoms with Crippen molar-refractivity contribution in [2.45, 2.75) is 90.9 Å². The highest BCUT2D eigenvalue weighted by Crippen LogP contribution is 2.09. The number of carboxylic acid groups (broad SMARTS) is 1. The first-order valence-corrected chi connectivity index (χ1v) is 9.11. The number of unbranched alkanes of at least 4 members (excludes halogenated alkanes) is 9. The number of rotatable bonds is 15. The van der Waals surface area contributed by atoms with Crippen LogP contribution in [-0.4, -0.2) is 35.0 Å². The number of carboxylic acids is 1. The minimum atomic E-state index is -0.912. The van der Waals surface area contributed by atoms with Crippen LogP contribution in [0.1, 0.15) is 90.9 Å². The number of hydrogen-bond donors (Lipinski definition) is 1. The second-order valence-corrected chi connectivity index (χ2v) is 6.14. The van der Waals surface area contributed by atoms with Gasteiger partial charge in [0.2, 0.25) is 5.91 Å². The first-order valence-electron chi connectivity index (χ1n) is 9.11. The molecular weight excluding hydrogens is 278 g/mol. The smallest absolute Gasteiger partial charge is 0.323 e. The average Bonchev–Trinajstić information content (AvgIpc) is 2.48. The van der Waals surface area contributed by atoms with E-state index in [4.69, 9.17) is 5.11 Å². The quantitative estimate of drug-likeness (QED) is 0.449. The third kappa shape index (κ3) is 12.7. The Kier molecular flexibility index (Phi) is 14.1. The second-order valence-electron chi connectivity index (χ2n) is 6.14. The number of aliphatic carboxylic acids is 1. The third-order valence-corrected chi connectivity index (χ3v) is 3.95. The Morgan fingerprint density at radius 1 is 0.773 bits per heavy atom. The molecule has 0 aromatic carbocycles. The summed E-state index contributed by atoms with van der Waals surface area (Å²) in [5.74, 6) is -0.905. The average molecular weight is 313 g/mol. The molecule has 0 aliphatic rings. The molecule has 1 amide bonds. The van der Waals surface area contributed by atoms with Gasteiger partial charge in [0.05, 0.1) is 0 Å². The molecule has 0 fully saturated rings. The molecule has 0 rings (SSSR count). The van der Waals surface area contributed by atoms with Gasteiger partial charge in [0, 0.05) is 13.0 Å². The molecule has 22 heavy (non-hydrogen) atoms. The van der Waals surface area contributed by atoms with E-state index in [2.05, 4.69) is 13.8 Å². The summed E-state index contributed by atoms with van der Waals surface area (Å²) in [6.07, 6.45) is 12.9. The van der Waals surface area contributed by atoms with Crippen LogP contribution in [0.2, 0.25) is 0 Å². The van der Waals surface area contributed by atoms with Gasteiger partial charge in [0.1, 0.15) is 6.54 Å². The van der Waals surface area contributed by atoms with Crippen LogP contribution in [0.15, 0.2) is 0 Å². The summed E-state index contributed by atoms with van der Waals surface area (Å²) in [5.41, 5.74) is 0. The molecular formula is C18H35NO3. The number of carbonyl (C=O) groups is 2. The topological polar surface area (TPSA) is 57.6 Å². The Labute approximate surface area is 136 Å². The lowest BCUT2D eigenvalue weighted by Gasteiger charge is -2.20. The molecule has 0 bridgehead atoms. The predicted molar refractivity (Wildman–Crippen MR) is 91.0 cm³/mol. The van der Waals surface area contributed by atoms with Crippen molar-refractivity contribution >= 4 is 11.9 Å². The SMILES string of the molecule is CCCCCCCCN(CC(=O)O)C(=O)CCCCCCC. The molecule has 0 radical (unpaired) electrons. The van der Waals surface area contributed by atoms with Gasteiger partial charge in [-0.2, -0.15) is 0 Å². The van der Waals surface area contributed by atoms with Gasteiger partial charge in [-0.3, -0.25) is 9.59 Å². The van der Waals surface area contributed by atoms with Crippen LogP contribution in [0.4, 0.5) is 0 Å². The normalized spacial score (nSPS) is 10.6. The van der Waals surface area contributed by atoms with Crippen molar-refractivity contribution in [3.8, 4) is 0 Å². The summed E-state index contributed by atoms with van der Waals surface area (Å²) < 4.78 is 0. The summed E-state index contributed by atoms with van der Waals surface area (Å²) in [7, 11) is 0. The van der Waals surface area contributed by atoms with Crippen LogP contribution in [0.5, 0.6) is 0 Å². The lowest BCUT2D eigenvalue weighted by atomic mass is 10.1. The second kappa shape index (κ2) is 14.9. The molecule has 0 atom stereocenters. The highest BCUT2D eigenvalue weighted by Gasteiger charge is 2.15. The van der Waals surface area contributed by atoms with Crippen molar-refractivity contribution in [2.75, 3.05) is 13.1 Å². The van der Waals surface area contributed by atoms with Crippen molar-refractivity contribution in [1.82, 2.24) is 4.90 Å². The molecule has 0 aromatic heterocycles. The molecule has 0 heterocycles. The van der Waals surface area contributed by atoms with Gasteiger partial charge in [-0.1, -0.05) is 71.6 Å². The molecule has 0 aliphatic carbocycles. The molecule has 0 unspecified atom stereocenters. The van der Waals surface area contributed by atoms with E-state index in [1.165, 1.54) is 49.8 Å². The zero-order valence-electron chi connectivity index (χ0n) is 14.6. The maximum Gasteiger partial charge on any atom is 0.323 e. The van der Waals surface area contributed by atoms with Gasteiger partial charge in [0.15, 0.2) is 0 Å². The lowest BCUT2D eigenvalue weighted by Crippen LogP contribution is -2.36. The fraction of sp³-hybridized carbons (Fsp3) is 0.889.